The van der Waals surface area contributed by atoms with E-state index < -0.39 is 0 Å². The van der Waals surface area contributed by atoms with Crippen LogP contribution >= 0.6 is 11.3 Å². The first-order chi connectivity index (χ1) is 37.7. The zero-order valence-corrected chi connectivity index (χ0v) is 41.5. The van der Waals surface area contributed by atoms with Crippen LogP contribution in [0, 0.1) is 0 Å². The quantitative estimate of drug-likeness (QED) is 0.160. The van der Waals surface area contributed by atoms with Crippen molar-refractivity contribution in [2.24, 2.45) is 0 Å². The summed E-state index contributed by atoms with van der Waals surface area (Å²) in [7, 11) is 0. The van der Waals surface area contributed by atoms with Gasteiger partial charge in [0.05, 0.1) is 33.3 Å². The first-order valence-electron chi connectivity index (χ1n) is 25.6. The van der Waals surface area contributed by atoms with Crippen molar-refractivity contribution in [3.8, 4) is 67.8 Å². The van der Waals surface area contributed by atoms with Gasteiger partial charge in [0.1, 0.15) is 5.58 Å². The fraction of sp³-hybridized carbons (Fsp3) is 0. The number of hydrogen-bond donors (Lipinski definition) is 0. The number of benzene rings is 11. The first kappa shape index (κ1) is 42.5. The highest BCUT2D eigenvalue weighted by Gasteiger charge is 2.22. The third kappa shape index (κ3) is 6.62. The van der Waals surface area contributed by atoms with Crippen LogP contribution in [0.5, 0.6) is 0 Å². The van der Waals surface area contributed by atoms with Gasteiger partial charge in [0, 0.05) is 69.3 Å². The molecule has 0 aliphatic heterocycles. The first-order valence-corrected chi connectivity index (χ1v) is 26.4. The van der Waals surface area contributed by atoms with E-state index in [9.17, 15) is 0 Å². The van der Waals surface area contributed by atoms with E-state index in [1.807, 2.05) is 78.1 Å². The average Bonchev–Trinajstić information content (AvgIpc) is 4.29. The molecule has 0 unspecified atom stereocenters. The molecule has 0 N–H and O–H groups in total. The highest BCUT2D eigenvalue weighted by atomic mass is 32.1. The van der Waals surface area contributed by atoms with Gasteiger partial charge in [-0.05, 0) is 107 Å². The molecule has 0 radical (unpaired) electrons. The summed E-state index contributed by atoms with van der Waals surface area (Å²) in [5, 5.41) is 9.42. The molecule has 11 aromatic carbocycles. The van der Waals surface area contributed by atoms with Gasteiger partial charge >= 0.3 is 0 Å². The molecule has 0 bridgehead atoms. The van der Waals surface area contributed by atoms with Crippen molar-refractivity contribution in [1.29, 1.82) is 0 Å². The lowest BCUT2D eigenvalue weighted by Crippen LogP contribution is -2.00. The second kappa shape index (κ2) is 16.8. The monoisotopic (exact) mass is 987 g/mol. The summed E-state index contributed by atoms with van der Waals surface area (Å²) in [5.74, 6) is 1.77. The van der Waals surface area contributed by atoms with Gasteiger partial charge < -0.3 is 13.6 Å². The van der Waals surface area contributed by atoms with E-state index in [2.05, 4.69) is 191 Å². The van der Waals surface area contributed by atoms with Crippen LogP contribution in [0.1, 0.15) is 0 Å². The molecule has 0 aliphatic carbocycles. The second-order valence-corrected chi connectivity index (χ2v) is 20.6. The van der Waals surface area contributed by atoms with E-state index in [0.29, 0.717) is 17.5 Å². The molecule has 6 nitrogen and oxygen atoms in total. The molecular weight excluding hydrogens is 947 g/mol. The summed E-state index contributed by atoms with van der Waals surface area (Å²) in [6, 6.07) is 88.7. The molecule has 16 aromatic rings. The molecule has 16 rings (SSSR count). The summed E-state index contributed by atoms with van der Waals surface area (Å²) in [5.41, 5.74) is 15.7. The highest BCUT2D eigenvalue weighted by Crippen LogP contribution is 2.44. The smallest absolute Gasteiger partial charge is 0.167 e. The number of thiophene rings is 1. The van der Waals surface area contributed by atoms with Gasteiger partial charge in [0.25, 0.3) is 0 Å². The molecule has 354 valence electrons. The molecule has 0 spiro atoms. The molecule has 0 saturated heterocycles. The molecule has 0 saturated carbocycles. The van der Waals surface area contributed by atoms with Gasteiger partial charge in [0.15, 0.2) is 23.1 Å². The Kier molecular flexibility index (Phi) is 9.40. The van der Waals surface area contributed by atoms with E-state index in [1.165, 1.54) is 75.0 Å². The third-order valence-electron chi connectivity index (χ3n) is 15.2. The third-order valence-corrected chi connectivity index (χ3v) is 16.3. The Labute approximate surface area is 439 Å². The number of fused-ring (bicyclic) bond motifs is 12. The molecule has 0 fully saturated rings. The van der Waals surface area contributed by atoms with Crippen molar-refractivity contribution in [3.63, 3.8) is 0 Å². The minimum absolute atomic E-state index is 0.555. The van der Waals surface area contributed by atoms with E-state index in [1.54, 1.807) is 0 Å². The summed E-state index contributed by atoms with van der Waals surface area (Å²) >= 11 is 1.86. The minimum atomic E-state index is 0.555. The van der Waals surface area contributed by atoms with Crippen LogP contribution < -0.4 is 0 Å². The molecule has 7 heteroatoms. The maximum atomic E-state index is 7.11. The Balaban J connectivity index is 0.805. The van der Waals surface area contributed by atoms with E-state index in [0.717, 1.165) is 61.0 Å². The Hall–Kier alpha value is -9.95. The van der Waals surface area contributed by atoms with Crippen LogP contribution in [0.25, 0.3) is 154 Å². The predicted molar refractivity (Wildman–Crippen MR) is 316 cm³/mol. The van der Waals surface area contributed by atoms with Crippen LogP contribution in [0.3, 0.4) is 0 Å². The van der Waals surface area contributed by atoms with Crippen LogP contribution in [0.4, 0.5) is 0 Å². The van der Waals surface area contributed by atoms with E-state index >= 15 is 0 Å². The SMILES string of the molecule is c1ccc(-c2nc(-c3ccccc3)nc(-c3cccc4c3oc3c(-n5c6ccccc6c6cc(-c7ccc8sc9ccc(-c%10ccc%11c(c%10)c%10ccccc%10n%11-c%10ccccc%10)cc9c8c7)ccc65)cccc34)n2)cc1. The van der Waals surface area contributed by atoms with Gasteiger partial charge in [-0.1, -0.05) is 164 Å². The minimum Gasteiger partial charge on any atom is -0.453 e. The lowest BCUT2D eigenvalue weighted by atomic mass is 9.98. The van der Waals surface area contributed by atoms with E-state index in [4.69, 9.17) is 19.4 Å². The van der Waals surface area contributed by atoms with Crippen LogP contribution in [0.2, 0.25) is 0 Å². The van der Waals surface area contributed by atoms with Gasteiger partial charge in [-0.25, -0.2) is 15.0 Å². The Morgan fingerprint density at radius 3 is 1.32 bits per heavy atom. The van der Waals surface area contributed by atoms with Crippen molar-refractivity contribution >= 4 is 97.1 Å². The molecule has 0 atom stereocenters. The summed E-state index contributed by atoms with van der Waals surface area (Å²) in [6.45, 7) is 0. The van der Waals surface area contributed by atoms with Crippen molar-refractivity contribution in [2.75, 3.05) is 0 Å². The lowest BCUT2D eigenvalue weighted by Gasteiger charge is -2.09. The number of hydrogen-bond acceptors (Lipinski definition) is 5. The zero-order valence-electron chi connectivity index (χ0n) is 40.7. The standard InChI is InChI=1S/C69H41N5OS/c1-4-16-42(17-5-1)67-70-68(43-18-6-2-7-19-43)72-69(71-67)53-26-14-24-51-52-25-15-29-62(66(52)75-65(51)53)74-59-28-13-11-23-50(59)55-39-45(31-35-61(55)74)47-33-37-64-57(41-47)56-40-46(32-36-63(56)76-64)44-30-34-60-54(38-44)49-22-10-12-27-58(49)73(60)48-20-8-3-9-21-48/h1-41H. The number of rotatable bonds is 7. The maximum absolute atomic E-state index is 7.11. The molecule has 0 amide bonds. The summed E-state index contributed by atoms with van der Waals surface area (Å²) in [4.78, 5) is 15.1. The second-order valence-electron chi connectivity index (χ2n) is 19.5. The van der Waals surface area contributed by atoms with Crippen LogP contribution in [0.15, 0.2) is 253 Å². The molecule has 5 aromatic heterocycles. The van der Waals surface area contributed by atoms with Gasteiger partial charge in [-0.3, -0.25) is 0 Å². The van der Waals surface area contributed by atoms with Crippen LogP contribution in [-0.4, -0.2) is 24.1 Å². The number of nitrogens with zero attached hydrogens (tertiary/aromatic N) is 5. The van der Waals surface area contributed by atoms with Gasteiger partial charge in [-0.15, -0.1) is 11.3 Å². The zero-order chi connectivity index (χ0) is 49.8. The average molecular weight is 988 g/mol. The highest BCUT2D eigenvalue weighted by molar-refractivity contribution is 7.25. The maximum Gasteiger partial charge on any atom is 0.167 e. The fourth-order valence-corrected chi connectivity index (χ4v) is 12.7. The largest absolute Gasteiger partial charge is 0.453 e. The summed E-state index contributed by atoms with van der Waals surface area (Å²) < 4.78 is 14.4. The normalized spacial score (nSPS) is 11.9. The molecular formula is C69H41N5OS. The predicted octanol–water partition coefficient (Wildman–Crippen LogP) is 18.7. The molecule has 76 heavy (non-hydrogen) atoms. The van der Waals surface area contributed by atoms with Gasteiger partial charge in [-0.2, -0.15) is 0 Å². The molecule has 0 aliphatic rings. The Bertz CT molecular complexity index is 4930. The number of furan rings is 1. The van der Waals surface area contributed by atoms with Gasteiger partial charge in [0.2, 0.25) is 0 Å². The number of aromatic nitrogens is 5. The Morgan fingerprint density at radius 2 is 0.724 bits per heavy atom. The van der Waals surface area contributed by atoms with Crippen molar-refractivity contribution < 1.29 is 4.42 Å². The van der Waals surface area contributed by atoms with Crippen molar-refractivity contribution in [1.82, 2.24) is 24.1 Å². The Morgan fingerprint density at radius 1 is 0.289 bits per heavy atom. The fourth-order valence-electron chi connectivity index (χ4n) is 11.6. The van der Waals surface area contributed by atoms with Crippen molar-refractivity contribution in [3.05, 3.63) is 249 Å². The lowest BCUT2D eigenvalue weighted by molar-refractivity contribution is 0.667. The van der Waals surface area contributed by atoms with E-state index in [-0.39, 0.29) is 0 Å². The molecule has 5 heterocycles. The number of para-hydroxylation sites is 5. The van der Waals surface area contributed by atoms with Crippen molar-refractivity contribution in [2.45, 2.75) is 0 Å². The van der Waals surface area contributed by atoms with Crippen LogP contribution in [-0.2, 0) is 0 Å². The summed E-state index contributed by atoms with van der Waals surface area (Å²) in [6.07, 6.45) is 0. The topological polar surface area (TPSA) is 61.7 Å².